The first kappa shape index (κ1) is 11.8. The molecule has 0 spiro atoms. The van der Waals surface area contributed by atoms with Crippen molar-refractivity contribution in [1.82, 2.24) is 0 Å². The molecule has 0 bridgehead atoms. The molecule has 0 saturated heterocycles. The summed E-state index contributed by atoms with van der Waals surface area (Å²) >= 11 is 1.69. The second kappa shape index (κ2) is 6.80. The lowest BCUT2D eigenvalue weighted by Gasteiger charge is -1.92. The Morgan fingerprint density at radius 3 is 2.24 bits per heavy atom. The van der Waals surface area contributed by atoms with Gasteiger partial charge in [-0.1, -0.05) is 60.3 Å². The molecular weight excluding hydrogens is 224 g/mol. The topological polar surface area (TPSA) is 0 Å². The van der Waals surface area contributed by atoms with Gasteiger partial charge in [-0.15, -0.1) is 5.73 Å². The fraction of sp³-hybridized carbons (Fsp3) is 0.0625. The minimum absolute atomic E-state index is 0.937. The summed E-state index contributed by atoms with van der Waals surface area (Å²) in [6.45, 7) is 0. The SMILES string of the molecule is C(=CCc1ccccc1)=CSc1ccccc1. The zero-order valence-electron chi connectivity index (χ0n) is 9.54. The highest BCUT2D eigenvalue weighted by Crippen LogP contribution is 2.17. The Labute approximate surface area is 107 Å². The van der Waals surface area contributed by atoms with Gasteiger partial charge in [0.05, 0.1) is 0 Å². The summed E-state index contributed by atoms with van der Waals surface area (Å²) in [5.41, 5.74) is 4.51. The molecule has 0 atom stereocenters. The number of thioether (sulfide) groups is 1. The van der Waals surface area contributed by atoms with Crippen LogP contribution < -0.4 is 0 Å². The molecule has 0 saturated carbocycles. The third-order valence-corrected chi connectivity index (χ3v) is 3.10. The van der Waals surface area contributed by atoms with Crippen molar-refractivity contribution >= 4 is 11.8 Å². The summed E-state index contributed by atoms with van der Waals surface area (Å²) in [4.78, 5) is 1.24. The van der Waals surface area contributed by atoms with E-state index in [1.165, 1.54) is 10.5 Å². The average molecular weight is 238 g/mol. The Morgan fingerprint density at radius 1 is 0.882 bits per heavy atom. The van der Waals surface area contributed by atoms with Gasteiger partial charge in [0.2, 0.25) is 0 Å². The van der Waals surface area contributed by atoms with Gasteiger partial charge in [-0.3, -0.25) is 0 Å². The van der Waals surface area contributed by atoms with Gasteiger partial charge in [0.15, 0.2) is 0 Å². The molecule has 0 aromatic heterocycles. The van der Waals surface area contributed by atoms with E-state index in [0.717, 1.165) is 6.42 Å². The zero-order valence-corrected chi connectivity index (χ0v) is 10.4. The van der Waals surface area contributed by atoms with Gasteiger partial charge in [0, 0.05) is 10.3 Å². The van der Waals surface area contributed by atoms with Crippen LogP contribution in [-0.4, -0.2) is 0 Å². The molecule has 2 rings (SSSR count). The van der Waals surface area contributed by atoms with Crippen molar-refractivity contribution in [2.45, 2.75) is 11.3 Å². The van der Waals surface area contributed by atoms with Gasteiger partial charge < -0.3 is 0 Å². The molecule has 2 aromatic rings. The Balaban J connectivity index is 1.85. The van der Waals surface area contributed by atoms with E-state index in [4.69, 9.17) is 0 Å². The maximum absolute atomic E-state index is 3.20. The minimum atomic E-state index is 0.937. The lowest BCUT2D eigenvalue weighted by Crippen LogP contribution is -1.76. The number of benzene rings is 2. The molecule has 0 nitrogen and oxygen atoms in total. The van der Waals surface area contributed by atoms with E-state index in [1.54, 1.807) is 11.8 Å². The predicted molar refractivity (Wildman–Crippen MR) is 75.1 cm³/mol. The van der Waals surface area contributed by atoms with Crippen molar-refractivity contribution in [3.63, 3.8) is 0 Å². The first-order chi connectivity index (χ1) is 8.45. The Hall–Kier alpha value is -1.69. The van der Waals surface area contributed by atoms with Crippen molar-refractivity contribution in [3.05, 3.63) is 83.4 Å². The zero-order chi connectivity index (χ0) is 11.8. The maximum Gasteiger partial charge on any atom is 0.0175 e. The highest BCUT2D eigenvalue weighted by Gasteiger charge is 1.86. The van der Waals surface area contributed by atoms with E-state index < -0.39 is 0 Å². The quantitative estimate of drug-likeness (QED) is 0.550. The Bertz CT molecular complexity index is 448. The highest BCUT2D eigenvalue weighted by molar-refractivity contribution is 8.02. The fourth-order valence-electron chi connectivity index (χ4n) is 1.44. The average Bonchev–Trinajstić information content (AvgIpc) is 2.41. The van der Waals surface area contributed by atoms with Gasteiger partial charge in [-0.05, 0) is 30.2 Å². The maximum atomic E-state index is 3.20. The number of rotatable bonds is 4. The van der Waals surface area contributed by atoms with Gasteiger partial charge in [-0.2, -0.15) is 0 Å². The monoisotopic (exact) mass is 238 g/mol. The van der Waals surface area contributed by atoms with Gasteiger partial charge in [0.25, 0.3) is 0 Å². The molecule has 0 fully saturated rings. The van der Waals surface area contributed by atoms with Crippen LogP contribution in [0.15, 0.2) is 82.8 Å². The molecule has 0 aliphatic heterocycles. The Kier molecular flexibility index (Phi) is 4.71. The molecule has 1 heteroatoms. The van der Waals surface area contributed by atoms with Crippen LogP contribution in [0.2, 0.25) is 0 Å². The summed E-state index contributed by atoms with van der Waals surface area (Å²) < 4.78 is 0. The highest BCUT2D eigenvalue weighted by atomic mass is 32.2. The molecule has 0 unspecified atom stereocenters. The molecular formula is C16H14S. The molecule has 0 heterocycles. The van der Waals surface area contributed by atoms with E-state index in [0.29, 0.717) is 0 Å². The summed E-state index contributed by atoms with van der Waals surface area (Å²) in [5, 5.41) is 2.00. The van der Waals surface area contributed by atoms with E-state index in [9.17, 15) is 0 Å². The van der Waals surface area contributed by atoms with Crippen molar-refractivity contribution in [2.24, 2.45) is 0 Å². The molecule has 17 heavy (non-hydrogen) atoms. The minimum Gasteiger partial charge on any atom is -0.118 e. The summed E-state index contributed by atoms with van der Waals surface area (Å²) in [6.07, 6.45) is 3.00. The molecule has 0 radical (unpaired) electrons. The van der Waals surface area contributed by atoms with Crippen molar-refractivity contribution in [1.29, 1.82) is 0 Å². The van der Waals surface area contributed by atoms with E-state index in [1.807, 2.05) is 29.7 Å². The first-order valence-corrected chi connectivity index (χ1v) is 6.48. The van der Waals surface area contributed by atoms with Crippen LogP contribution in [0.4, 0.5) is 0 Å². The smallest absolute Gasteiger partial charge is 0.0175 e. The van der Waals surface area contributed by atoms with Crippen LogP contribution in [0, 0.1) is 0 Å². The number of allylic oxidation sites excluding steroid dienone is 1. The molecule has 0 aliphatic carbocycles. The Morgan fingerprint density at radius 2 is 1.53 bits per heavy atom. The number of hydrogen-bond donors (Lipinski definition) is 0. The van der Waals surface area contributed by atoms with Gasteiger partial charge >= 0.3 is 0 Å². The van der Waals surface area contributed by atoms with E-state index in [2.05, 4.69) is 48.2 Å². The fourth-order valence-corrected chi connectivity index (χ4v) is 2.05. The third-order valence-electron chi connectivity index (χ3n) is 2.30. The van der Waals surface area contributed by atoms with E-state index >= 15 is 0 Å². The second-order valence-electron chi connectivity index (χ2n) is 3.61. The van der Waals surface area contributed by atoms with Gasteiger partial charge in [-0.25, -0.2) is 0 Å². The summed E-state index contributed by atoms with van der Waals surface area (Å²) in [6, 6.07) is 20.7. The normalized spacial score (nSPS) is 9.41. The van der Waals surface area contributed by atoms with Crippen molar-refractivity contribution < 1.29 is 0 Å². The lowest BCUT2D eigenvalue weighted by molar-refractivity contribution is 1.28. The first-order valence-electron chi connectivity index (χ1n) is 5.60. The van der Waals surface area contributed by atoms with Crippen molar-refractivity contribution in [3.8, 4) is 0 Å². The van der Waals surface area contributed by atoms with Crippen LogP contribution in [0.3, 0.4) is 0 Å². The van der Waals surface area contributed by atoms with Crippen LogP contribution >= 0.6 is 11.8 Å². The second-order valence-corrected chi connectivity index (χ2v) is 4.55. The van der Waals surface area contributed by atoms with Crippen LogP contribution in [0.5, 0.6) is 0 Å². The van der Waals surface area contributed by atoms with Crippen LogP contribution in [-0.2, 0) is 6.42 Å². The van der Waals surface area contributed by atoms with Crippen molar-refractivity contribution in [2.75, 3.05) is 0 Å². The predicted octanol–water partition coefficient (Wildman–Crippen LogP) is 4.69. The molecule has 0 N–H and O–H groups in total. The van der Waals surface area contributed by atoms with E-state index in [-0.39, 0.29) is 0 Å². The van der Waals surface area contributed by atoms with Crippen LogP contribution in [0.25, 0.3) is 0 Å². The molecule has 2 aromatic carbocycles. The molecule has 0 aliphatic rings. The summed E-state index contributed by atoms with van der Waals surface area (Å²) in [7, 11) is 0. The van der Waals surface area contributed by atoms with Gasteiger partial charge in [0.1, 0.15) is 0 Å². The standard InChI is InChI=1S/C16H14S/c1-3-9-15(10-4-1)11-7-8-14-17-16-12-5-2-6-13-16/h1-7,9-10,12-14H,11H2. The van der Waals surface area contributed by atoms with Crippen LogP contribution in [0.1, 0.15) is 5.56 Å². The molecule has 84 valence electrons. The number of hydrogen-bond acceptors (Lipinski definition) is 1. The largest absolute Gasteiger partial charge is 0.118 e. The third kappa shape index (κ3) is 4.36. The lowest BCUT2D eigenvalue weighted by atomic mass is 10.1. The molecule has 0 amide bonds. The summed E-state index contributed by atoms with van der Waals surface area (Å²) in [5.74, 6) is 0.